The topological polar surface area (TPSA) is 90.4 Å². The molecule has 0 bridgehead atoms. The van der Waals surface area contributed by atoms with Crippen LogP contribution in [0.4, 0.5) is 5.69 Å². The van der Waals surface area contributed by atoms with Crippen LogP contribution in [0.2, 0.25) is 5.02 Å². The number of nitro groups is 1. The zero-order valence-corrected chi connectivity index (χ0v) is 14.6. The maximum Gasteiger partial charge on any atom is 0.291 e. The Morgan fingerprint density at radius 3 is 2.73 bits per heavy atom. The molecule has 0 saturated heterocycles. The van der Waals surface area contributed by atoms with Crippen LogP contribution in [-0.2, 0) is 0 Å². The Kier molecular flexibility index (Phi) is 3.98. The lowest BCUT2D eigenvalue weighted by molar-refractivity contribution is -0.384. The van der Waals surface area contributed by atoms with E-state index in [0.29, 0.717) is 31.5 Å². The van der Waals surface area contributed by atoms with Gasteiger partial charge in [0.15, 0.2) is 5.82 Å². The van der Waals surface area contributed by atoms with Gasteiger partial charge in [0.05, 0.1) is 14.5 Å². The van der Waals surface area contributed by atoms with Gasteiger partial charge in [-0.05, 0) is 23.8 Å². The Morgan fingerprint density at radius 1 is 1.19 bits per heavy atom. The molecule has 0 saturated carbocycles. The van der Waals surface area contributed by atoms with Crippen molar-refractivity contribution in [2.45, 2.75) is 0 Å². The molecule has 0 N–H and O–H groups in total. The average molecular weight is 385 g/mol. The molecule has 0 unspecified atom stereocenters. The Hall–Kier alpha value is -3.10. The van der Waals surface area contributed by atoms with Gasteiger partial charge in [0.1, 0.15) is 0 Å². The maximum atomic E-state index is 12.6. The lowest BCUT2D eigenvalue weighted by Crippen LogP contribution is -2.23. The lowest BCUT2D eigenvalue weighted by Gasteiger charge is -1.96. The second kappa shape index (κ2) is 6.32. The summed E-state index contributed by atoms with van der Waals surface area (Å²) in [6, 6.07) is 13.2. The van der Waals surface area contributed by atoms with E-state index in [-0.39, 0.29) is 11.2 Å². The molecular weight excluding hydrogens is 376 g/mol. The summed E-state index contributed by atoms with van der Waals surface area (Å²) < 4.78 is 1.61. The number of thiazole rings is 1. The molecule has 0 atom stereocenters. The number of halogens is 1. The van der Waals surface area contributed by atoms with Gasteiger partial charge < -0.3 is 0 Å². The van der Waals surface area contributed by atoms with Crippen molar-refractivity contribution in [3.8, 4) is 11.4 Å². The Balaban J connectivity index is 1.82. The summed E-state index contributed by atoms with van der Waals surface area (Å²) in [5, 5.41) is 15.6. The van der Waals surface area contributed by atoms with Crippen LogP contribution in [0, 0.1) is 10.1 Å². The molecule has 0 spiro atoms. The summed E-state index contributed by atoms with van der Waals surface area (Å²) in [5.41, 5.74) is 0.842. The smallest absolute Gasteiger partial charge is 0.266 e. The third kappa shape index (κ3) is 2.85. The zero-order valence-electron chi connectivity index (χ0n) is 13.0. The van der Waals surface area contributed by atoms with Gasteiger partial charge in [0, 0.05) is 17.7 Å². The molecule has 2 aromatic heterocycles. The first-order valence-electron chi connectivity index (χ1n) is 7.43. The number of hydrogen-bond acceptors (Lipinski definition) is 6. The Morgan fingerprint density at radius 2 is 2.00 bits per heavy atom. The normalized spacial score (nSPS) is 12.0. The molecule has 0 fully saturated rings. The predicted molar refractivity (Wildman–Crippen MR) is 99.5 cm³/mol. The molecule has 128 valence electrons. The largest absolute Gasteiger partial charge is 0.291 e. The van der Waals surface area contributed by atoms with Gasteiger partial charge in [-0.3, -0.25) is 14.9 Å². The molecule has 0 aliphatic carbocycles. The van der Waals surface area contributed by atoms with E-state index in [2.05, 4.69) is 10.1 Å². The molecule has 0 radical (unpaired) electrons. The number of rotatable bonds is 3. The molecule has 4 rings (SSSR count). The van der Waals surface area contributed by atoms with E-state index in [1.807, 2.05) is 6.07 Å². The fourth-order valence-electron chi connectivity index (χ4n) is 2.47. The van der Waals surface area contributed by atoms with Crippen molar-refractivity contribution in [3.63, 3.8) is 0 Å². The van der Waals surface area contributed by atoms with Crippen LogP contribution < -0.4 is 10.1 Å². The van der Waals surface area contributed by atoms with Gasteiger partial charge in [0.25, 0.3) is 11.2 Å². The second-order valence-corrected chi connectivity index (χ2v) is 6.79. The molecule has 7 nitrogen and oxygen atoms in total. The summed E-state index contributed by atoms with van der Waals surface area (Å²) in [4.78, 5) is 27.7. The number of nitrogens with zero attached hydrogens (tertiary/aromatic N) is 4. The highest BCUT2D eigenvalue weighted by molar-refractivity contribution is 7.15. The number of hydrogen-bond donors (Lipinski definition) is 0. The summed E-state index contributed by atoms with van der Waals surface area (Å²) in [7, 11) is 0. The van der Waals surface area contributed by atoms with Gasteiger partial charge >= 0.3 is 0 Å². The van der Waals surface area contributed by atoms with Crippen molar-refractivity contribution in [2.24, 2.45) is 0 Å². The third-order valence-corrected chi connectivity index (χ3v) is 4.96. The van der Waals surface area contributed by atoms with Gasteiger partial charge in [-0.15, -0.1) is 5.10 Å². The van der Waals surface area contributed by atoms with E-state index in [1.54, 1.807) is 36.4 Å². The molecule has 0 amide bonds. The molecular formula is C17H9ClN4O3S. The zero-order chi connectivity index (χ0) is 18.3. The van der Waals surface area contributed by atoms with Crippen molar-refractivity contribution in [1.29, 1.82) is 0 Å². The van der Waals surface area contributed by atoms with Crippen LogP contribution in [0.1, 0.15) is 5.56 Å². The van der Waals surface area contributed by atoms with Crippen LogP contribution in [-0.4, -0.2) is 19.5 Å². The first-order valence-corrected chi connectivity index (χ1v) is 8.63. The Labute approximate surface area is 155 Å². The highest BCUT2D eigenvalue weighted by Gasteiger charge is 2.14. The van der Waals surface area contributed by atoms with E-state index < -0.39 is 4.92 Å². The van der Waals surface area contributed by atoms with Crippen LogP contribution in [0.3, 0.4) is 0 Å². The van der Waals surface area contributed by atoms with Gasteiger partial charge in [0.2, 0.25) is 4.96 Å². The van der Waals surface area contributed by atoms with Crippen molar-refractivity contribution < 1.29 is 4.92 Å². The number of nitro benzene ring substituents is 1. The number of fused-ring (bicyclic) bond motifs is 1. The van der Waals surface area contributed by atoms with Crippen LogP contribution >= 0.6 is 22.9 Å². The molecule has 4 aromatic rings. The highest BCUT2D eigenvalue weighted by Crippen LogP contribution is 2.25. The maximum absolute atomic E-state index is 12.6. The molecule has 2 aromatic carbocycles. The van der Waals surface area contributed by atoms with Crippen LogP contribution in [0.5, 0.6) is 0 Å². The fraction of sp³-hybridized carbons (Fsp3) is 0. The van der Waals surface area contributed by atoms with E-state index in [9.17, 15) is 14.9 Å². The molecule has 0 aliphatic rings. The van der Waals surface area contributed by atoms with E-state index in [1.165, 1.54) is 16.6 Å². The standard InChI is InChI=1S/C17H9ClN4O3S/c18-13-7-2-1-6-12(13)15-19-17-21(20-15)16(23)14(26-17)9-10-4-3-5-11(8-10)22(24)25/h1-9H. The minimum Gasteiger partial charge on any atom is -0.266 e. The van der Waals surface area contributed by atoms with Gasteiger partial charge in [-0.25, -0.2) is 0 Å². The van der Waals surface area contributed by atoms with Gasteiger partial charge in [-0.1, -0.05) is 47.2 Å². The highest BCUT2D eigenvalue weighted by atomic mass is 35.5. The summed E-state index contributed by atoms with van der Waals surface area (Å²) in [6.45, 7) is 0. The summed E-state index contributed by atoms with van der Waals surface area (Å²) in [5.74, 6) is 0.376. The molecule has 9 heteroatoms. The minimum absolute atomic E-state index is 0.0355. The van der Waals surface area contributed by atoms with Gasteiger partial charge in [-0.2, -0.15) is 9.50 Å². The van der Waals surface area contributed by atoms with Crippen LogP contribution in [0.25, 0.3) is 22.4 Å². The van der Waals surface area contributed by atoms with E-state index in [0.717, 1.165) is 11.3 Å². The fourth-order valence-corrected chi connectivity index (χ4v) is 3.60. The summed E-state index contributed by atoms with van der Waals surface area (Å²) >= 11 is 7.31. The molecule has 26 heavy (non-hydrogen) atoms. The number of aromatic nitrogens is 3. The van der Waals surface area contributed by atoms with E-state index in [4.69, 9.17) is 11.6 Å². The summed E-state index contributed by atoms with van der Waals surface area (Å²) in [6.07, 6.45) is 1.59. The lowest BCUT2D eigenvalue weighted by atomic mass is 10.2. The van der Waals surface area contributed by atoms with Crippen molar-refractivity contribution in [2.75, 3.05) is 0 Å². The number of benzene rings is 2. The predicted octanol–water partition coefficient (Wildman–Crippen LogP) is 2.93. The SMILES string of the molecule is O=c1c(=Cc2cccc([N+](=O)[O-])c2)sc2nc(-c3ccccc3Cl)nn12. The second-order valence-electron chi connectivity index (χ2n) is 5.38. The van der Waals surface area contributed by atoms with Crippen LogP contribution in [0.15, 0.2) is 53.3 Å². The monoisotopic (exact) mass is 384 g/mol. The number of non-ortho nitro benzene ring substituents is 1. The molecule has 0 aliphatic heterocycles. The third-order valence-electron chi connectivity index (χ3n) is 3.68. The quantitative estimate of drug-likeness (QED) is 0.400. The minimum atomic E-state index is -0.478. The van der Waals surface area contributed by atoms with Crippen molar-refractivity contribution in [3.05, 3.63) is 84.1 Å². The first-order chi connectivity index (χ1) is 12.5. The van der Waals surface area contributed by atoms with Crippen molar-refractivity contribution >= 4 is 39.7 Å². The average Bonchev–Trinajstić information content (AvgIpc) is 3.16. The molecule has 2 heterocycles. The first kappa shape index (κ1) is 16.4. The van der Waals surface area contributed by atoms with Crippen molar-refractivity contribution in [1.82, 2.24) is 14.6 Å². The van der Waals surface area contributed by atoms with E-state index >= 15 is 0 Å². The Bertz CT molecular complexity index is 1260.